The molecule has 2 rings (SSSR count). The lowest BCUT2D eigenvalue weighted by atomic mass is 10.3. The van der Waals surface area contributed by atoms with E-state index in [9.17, 15) is 8.42 Å². The fourth-order valence-corrected chi connectivity index (χ4v) is 4.58. The lowest BCUT2D eigenvalue weighted by Gasteiger charge is -2.12. The van der Waals surface area contributed by atoms with Crippen LogP contribution in [0.5, 0.6) is 0 Å². The normalized spacial score (nSPS) is 13.1. The van der Waals surface area contributed by atoms with Crippen LogP contribution < -0.4 is 10.0 Å². The number of sulfonamides is 1. The van der Waals surface area contributed by atoms with Crippen molar-refractivity contribution in [2.24, 2.45) is 0 Å². The summed E-state index contributed by atoms with van der Waals surface area (Å²) in [6.07, 6.45) is 0. The largest absolute Gasteiger partial charge is 0.313 e. The van der Waals surface area contributed by atoms with E-state index in [1.54, 1.807) is 18.2 Å². The summed E-state index contributed by atoms with van der Waals surface area (Å²) in [7, 11) is -3.46. The molecule has 0 radical (unpaired) electrons. The Hall–Kier alpha value is -0.370. The molecule has 2 aromatic rings. The average molecular weight is 369 g/mol. The van der Waals surface area contributed by atoms with Crippen molar-refractivity contribution >= 4 is 55.5 Å². The summed E-state index contributed by atoms with van der Waals surface area (Å²) < 4.78 is 28.3. The summed E-state index contributed by atoms with van der Waals surface area (Å²) in [5.41, 5.74) is 0. The second-order valence-electron chi connectivity index (χ2n) is 4.56. The maximum atomic E-state index is 12.2. The molecule has 0 amide bonds. The van der Waals surface area contributed by atoms with Gasteiger partial charge in [-0.05, 0) is 43.1 Å². The van der Waals surface area contributed by atoms with Gasteiger partial charge in [0.1, 0.15) is 4.21 Å². The van der Waals surface area contributed by atoms with Gasteiger partial charge in [0.2, 0.25) is 10.0 Å². The fraction of sp³-hybridized carbons (Fsp3) is 0.385. The van der Waals surface area contributed by atoms with E-state index in [0.29, 0.717) is 15.8 Å². The van der Waals surface area contributed by atoms with Gasteiger partial charge in [-0.2, -0.15) is 0 Å². The van der Waals surface area contributed by atoms with Gasteiger partial charge >= 0.3 is 0 Å². The van der Waals surface area contributed by atoms with Crippen LogP contribution in [0, 0.1) is 0 Å². The lowest BCUT2D eigenvalue weighted by molar-refractivity contribution is 0.537. The Balaban J connectivity index is 0.00000220. The number of likely N-dealkylation sites (N-methyl/N-ethyl adjacent to an activating group) is 1. The molecule has 0 unspecified atom stereocenters. The van der Waals surface area contributed by atoms with Crippen LogP contribution in [0.2, 0.25) is 5.02 Å². The van der Waals surface area contributed by atoms with Crippen molar-refractivity contribution in [1.82, 2.24) is 10.0 Å². The first-order valence-electron chi connectivity index (χ1n) is 6.34. The van der Waals surface area contributed by atoms with Gasteiger partial charge in [0.05, 0.1) is 0 Å². The summed E-state index contributed by atoms with van der Waals surface area (Å²) in [6, 6.07) is 7.12. The third-order valence-corrected chi connectivity index (χ3v) is 6.10. The van der Waals surface area contributed by atoms with Crippen molar-refractivity contribution in [3.63, 3.8) is 0 Å². The van der Waals surface area contributed by atoms with E-state index in [1.807, 2.05) is 19.9 Å². The molecule has 1 aromatic heterocycles. The van der Waals surface area contributed by atoms with Crippen LogP contribution in [0.1, 0.15) is 13.8 Å². The molecular weight excluding hydrogens is 351 g/mol. The van der Waals surface area contributed by atoms with Crippen LogP contribution in [0.15, 0.2) is 28.5 Å². The van der Waals surface area contributed by atoms with Crippen molar-refractivity contribution in [1.29, 1.82) is 0 Å². The Labute approximate surface area is 140 Å². The molecule has 0 aliphatic rings. The zero-order chi connectivity index (χ0) is 14.8. The van der Waals surface area contributed by atoms with Crippen LogP contribution >= 0.6 is 35.3 Å². The van der Waals surface area contributed by atoms with Gasteiger partial charge < -0.3 is 5.32 Å². The molecule has 1 heterocycles. The minimum absolute atomic E-state index is 0. The van der Waals surface area contributed by atoms with Crippen molar-refractivity contribution in [3.8, 4) is 0 Å². The molecule has 0 aliphatic carbocycles. The number of benzene rings is 1. The van der Waals surface area contributed by atoms with E-state index in [2.05, 4.69) is 10.0 Å². The highest BCUT2D eigenvalue weighted by Crippen LogP contribution is 2.30. The van der Waals surface area contributed by atoms with Gasteiger partial charge in [0, 0.05) is 22.3 Å². The van der Waals surface area contributed by atoms with Gasteiger partial charge in [-0.1, -0.05) is 18.5 Å². The topological polar surface area (TPSA) is 58.2 Å². The quantitative estimate of drug-likeness (QED) is 0.822. The second-order valence-corrected chi connectivity index (χ2v) is 8.07. The maximum Gasteiger partial charge on any atom is 0.250 e. The van der Waals surface area contributed by atoms with E-state index < -0.39 is 10.0 Å². The number of thiophene rings is 1. The summed E-state index contributed by atoms with van der Waals surface area (Å²) >= 11 is 7.16. The van der Waals surface area contributed by atoms with Crippen LogP contribution in [0.3, 0.4) is 0 Å². The molecule has 118 valence electrons. The summed E-state index contributed by atoms with van der Waals surface area (Å²) in [6.45, 7) is 5.10. The summed E-state index contributed by atoms with van der Waals surface area (Å²) in [4.78, 5) is 0. The Morgan fingerprint density at radius 2 is 2.05 bits per heavy atom. The van der Waals surface area contributed by atoms with Crippen LogP contribution in [-0.2, 0) is 10.0 Å². The molecule has 0 spiro atoms. The molecule has 0 aliphatic heterocycles. The first-order chi connectivity index (χ1) is 9.42. The highest BCUT2D eigenvalue weighted by molar-refractivity contribution is 7.91. The molecular formula is C13H18Cl2N2O2S2. The van der Waals surface area contributed by atoms with Gasteiger partial charge in [-0.15, -0.1) is 23.7 Å². The number of hydrogen-bond donors (Lipinski definition) is 2. The van der Waals surface area contributed by atoms with Crippen molar-refractivity contribution in [2.75, 3.05) is 13.1 Å². The number of fused-ring (bicyclic) bond motifs is 1. The van der Waals surface area contributed by atoms with Crippen LogP contribution in [-0.4, -0.2) is 27.5 Å². The van der Waals surface area contributed by atoms with Crippen molar-refractivity contribution < 1.29 is 8.42 Å². The molecule has 1 aromatic carbocycles. The van der Waals surface area contributed by atoms with Crippen LogP contribution in [0.4, 0.5) is 0 Å². The first-order valence-corrected chi connectivity index (χ1v) is 9.02. The molecule has 8 heteroatoms. The van der Waals surface area contributed by atoms with Crippen LogP contribution in [0.25, 0.3) is 10.1 Å². The minimum atomic E-state index is -3.46. The molecule has 0 saturated carbocycles. The first kappa shape index (κ1) is 18.7. The Morgan fingerprint density at radius 3 is 2.71 bits per heavy atom. The molecule has 0 saturated heterocycles. The summed E-state index contributed by atoms with van der Waals surface area (Å²) in [5, 5.41) is 4.62. The number of rotatable bonds is 6. The predicted molar refractivity (Wildman–Crippen MR) is 92.4 cm³/mol. The van der Waals surface area contributed by atoms with Gasteiger partial charge in [-0.25, -0.2) is 13.1 Å². The highest BCUT2D eigenvalue weighted by atomic mass is 35.5. The van der Waals surface area contributed by atoms with Gasteiger partial charge in [0.15, 0.2) is 0 Å². The Bertz CT molecular complexity index is 701. The monoisotopic (exact) mass is 368 g/mol. The molecule has 0 bridgehead atoms. The zero-order valence-corrected chi connectivity index (χ0v) is 14.9. The lowest BCUT2D eigenvalue weighted by Crippen LogP contribution is -2.38. The highest BCUT2D eigenvalue weighted by Gasteiger charge is 2.18. The third kappa shape index (κ3) is 4.81. The average Bonchev–Trinajstić information content (AvgIpc) is 2.80. The Morgan fingerprint density at radius 1 is 1.33 bits per heavy atom. The molecule has 1 atom stereocenters. The fourth-order valence-electron chi connectivity index (χ4n) is 1.85. The van der Waals surface area contributed by atoms with E-state index in [-0.39, 0.29) is 18.4 Å². The zero-order valence-electron chi connectivity index (χ0n) is 11.7. The molecule has 4 nitrogen and oxygen atoms in total. The van der Waals surface area contributed by atoms with Gasteiger partial charge in [0.25, 0.3) is 0 Å². The van der Waals surface area contributed by atoms with Gasteiger partial charge in [-0.3, -0.25) is 0 Å². The number of nitrogens with one attached hydrogen (secondary N) is 2. The number of halogens is 2. The van der Waals surface area contributed by atoms with Crippen molar-refractivity contribution in [2.45, 2.75) is 24.1 Å². The van der Waals surface area contributed by atoms with E-state index in [4.69, 9.17) is 11.6 Å². The van der Waals surface area contributed by atoms with E-state index in [0.717, 1.165) is 16.6 Å². The number of hydrogen-bond acceptors (Lipinski definition) is 4. The van der Waals surface area contributed by atoms with E-state index in [1.165, 1.54) is 11.3 Å². The molecule has 0 fully saturated rings. The molecule has 2 N–H and O–H groups in total. The molecule has 21 heavy (non-hydrogen) atoms. The Kier molecular flexibility index (Phi) is 6.90. The predicted octanol–water partition coefficient (Wildman–Crippen LogP) is 3.25. The minimum Gasteiger partial charge on any atom is -0.313 e. The standard InChI is InChI=1S/C13H17ClN2O2S2.ClH/c1-3-15-9(2)8-16-20(17,18)13-7-10-6-11(14)4-5-12(10)19-13;/h4-7,9,15-16H,3,8H2,1-2H3;1H/t9-;/m1./s1. The second kappa shape index (κ2) is 7.76. The SMILES string of the molecule is CCN[C@H](C)CNS(=O)(=O)c1cc2cc(Cl)ccc2s1.Cl. The smallest absolute Gasteiger partial charge is 0.250 e. The maximum absolute atomic E-state index is 12.2. The van der Waals surface area contributed by atoms with E-state index >= 15 is 0 Å². The third-order valence-electron chi connectivity index (χ3n) is 2.85. The van der Waals surface area contributed by atoms with Crippen molar-refractivity contribution in [3.05, 3.63) is 29.3 Å². The summed E-state index contributed by atoms with van der Waals surface area (Å²) in [5.74, 6) is 0.